The summed E-state index contributed by atoms with van der Waals surface area (Å²) in [6.07, 6.45) is 0. The SMILES string of the molecule is Cc1cc(-c2ccc3[nH]c(=O)[nH]c3c2)nc(N)n1. The van der Waals surface area contributed by atoms with Gasteiger partial charge in [0.05, 0.1) is 16.7 Å². The largest absolute Gasteiger partial charge is 0.368 e. The Bertz CT molecular complexity index is 766. The van der Waals surface area contributed by atoms with E-state index in [0.717, 1.165) is 28.0 Å². The zero-order chi connectivity index (χ0) is 12.7. The molecule has 3 aromatic rings. The third-order valence-electron chi connectivity index (χ3n) is 2.68. The van der Waals surface area contributed by atoms with E-state index in [4.69, 9.17) is 5.73 Å². The fourth-order valence-electron chi connectivity index (χ4n) is 1.93. The second-order valence-corrected chi connectivity index (χ2v) is 4.09. The van der Waals surface area contributed by atoms with Gasteiger partial charge in [-0.15, -0.1) is 0 Å². The third-order valence-corrected chi connectivity index (χ3v) is 2.68. The molecule has 0 aliphatic carbocycles. The van der Waals surface area contributed by atoms with Gasteiger partial charge in [0.2, 0.25) is 5.95 Å². The molecule has 2 heterocycles. The Kier molecular flexibility index (Phi) is 2.16. The van der Waals surface area contributed by atoms with Gasteiger partial charge in [-0.2, -0.15) is 0 Å². The van der Waals surface area contributed by atoms with Gasteiger partial charge in [-0.1, -0.05) is 6.07 Å². The number of nitrogens with zero attached hydrogens (tertiary/aromatic N) is 2. The summed E-state index contributed by atoms with van der Waals surface area (Å²) in [4.78, 5) is 24.8. The molecule has 0 unspecified atom stereocenters. The molecule has 1 aromatic carbocycles. The maximum atomic E-state index is 11.2. The molecule has 18 heavy (non-hydrogen) atoms. The molecule has 0 fully saturated rings. The standard InChI is InChI=1S/C12H11N5O/c1-6-4-9(15-11(13)14-6)7-2-3-8-10(5-7)17-12(18)16-8/h2-5H,1H3,(H2,13,14,15)(H2,16,17,18). The molecule has 0 saturated heterocycles. The van der Waals surface area contributed by atoms with Crippen molar-refractivity contribution in [3.63, 3.8) is 0 Å². The summed E-state index contributed by atoms with van der Waals surface area (Å²) in [5.41, 5.74) is 9.34. The minimum absolute atomic E-state index is 0.222. The molecule has 0 amide bonds. The smallest absolute Gasteiger partial charge is 0.323 e. The number of aromatic nitrogens is 4. The highest BCUT2D eigenvalue weighted by atomic mass is 16.1. The van der Waals surface area contributed by atoms with Crippen LogP contribution < -0.4 is 11.4 Å². The van der Waals surface area contributed by atoms with Gasteiger partial charge < -0.3 is 15.7 Å². The highest BCUT2D eigenvalue weighted by Crippen LogP contribution is 2.21. The van der Waals surface area contributed by atoms with E-state index in [9.17, 15) is 4.79 Å². The van der Waals surface area contributed by atoms with Gasteiger partial charge in [-0.25, -0.2) is 14.8 Å². The van der Waals surface area contributed by atoms with Crippen LogP contribution in [0.3, 0.4) is 0 Å². The molecule has 0 saturated carbocycles. The zero-order valence-corrected chi connectivity index (χ0v) is 9.69. The molecule has 0 aliphatic rings. The number of hydrogen-bond acceptors (Lipinski definition) is 4. The number of anilines is 1. The van der Waals surface area contributed by atoms with E-state index in [1.807, 2.05) is 31.2 Å². The van der Waals surface area contributed by atoms with Gasteiger partial charge in [-0.3, -0.25) is 0 Å². The molecule has 90 valence electrons. The summed E-state index contributed by atoms with van der Waals surface area (Å²) in [5.74, 6) is 0.243. The second kappa shape index (κ2) is 3.69. The fourth-order valence-corrected chi connectivity index (χ4v) is 1.93. The molecule has 0 radical (unpaired) electrons. The van der Waals surface area contributed by atoms with E-state index < -0.39 is 0 Å². The number of aryl methyl sites for hydroxylation is 1. The summed E-state index contributed by atoms with van der Waals surface area (Å²) >= 11 is 0. The third kappa shape index (κ3) is 1.73. The first kappa shape index (κ1) is 10.5. The fraction of sp³-hybridized carbons (Fsp3) is 0.0833. The Hall–Kier alpha value is -2.63. The Morgan fingerprint density at radius 1 is 1.11 bits per heavy atom. The lowest BCUT2D eigenvalue weighted by molar-refractivity contribution is 1.12. The quantitative estimate of drug-likeness (QED) is 0.596. The first-order valence-electron chi connectivity index (χ1n) is 5.45. The number of aromatic amines is 2. The lowest BCUT2D eigenvalue weighted by Gasteiger charge is -2.03. The van der Waals surface area contributed by atoms with E-state index in [1.54, 1.807) is 0 Å². The maximum Gasteiger partial charge on any atom is 0.323 e. The van der Waals surface area contributed by atoms with E-state index in [1.165, 1.54) is 0 Å². The van der Waals surface area contributed by atoms with Crippen LogP contribution in [-0.4, -0.2) is 19.9 Å². The van der Waals surface area contributed by atoms with Crippen LogP contribution in [0.4, 0.5) is 5.95 Å². The van der Waals surface area contributed by atoms with Crippen molar-refractivity contribution in [1.82, 2.24) is 19.9 Å². The number of fused-ring (bicyclic) bond motifs is 1. The van der Waals surface area contributed by atoms with Crippen molar-refractivity contribution >= 4 is 17.0 Å². The Balaban J connectivity index is 2.21. The van der Waals surface area contributed by atoms with Crippen molar-refractivity contribution in [2.75, 3.05) is 5.73 Å². The number of hydrogen-bond donors (Lipinski definition) is 3. The number of benzene rings is 1. The molecular formula is C12H11N5O. The van der Waals surface area contributed by atoms with Crippen LogP contribution in [0.1, 0.15) is 5.69 Å². The summed E-state index contributed by atoms with van der Waals surface area (Å²) in [6.45, 7) is 1.86. The van der Waals surface area contributed by atoms with Crippen molar-refractivity contribution < 1.29 is 0 Å². The maximum absolute atomic E-state index is 11.2. The lowest BCUT2D eigenvalue weighted by atomic mass is 10.1. The number of imidazole rings is 1. The summed E-state index contributed by atoms with van der Waals surface area (Å²) in [7, 11) is 0. The average molecular weight is 241 g/mol. The lowest BCUT2D eigenvalue weighted by Crippen LogP contribution is -1.99. The predicted octanol–water partition coefficient (Wildman–Crippen LogP) is 1.20. The first-order chi connectivity index (χ1) is 8.61. The van der Waals surface area contributed by atoms with E-state index >= 15 is 0 Å². The Labute approximate surface area is 102 Å². The highest BCUT2D eigenvalue weighted by molar-refractivity contribution is 5.80. The zero-order valence-electron chi connectivity index (χ0n) is 9.69. The van der Waals surface area contributed by atoms with Crippen LogP contribution in [-0.2, 0) is 0 Å². The highest BCUT2D eigenvalue weighted by Gasteiger charge is 2.05. The number of nitrogen functional groups attached to an aromatic ring is 1. The van der Waals surface area contributed by atoms with Crippen molar-refractivity contribution in [2.45, 2.75) is 6.92 Å². The van der Waals surface area contributed by atoms with E-state index in [0.29, 0.717) is 0 Å². The molecule has 0 spiro atoms. The molecule has 0 aliphatic heterocycles. The molecule has 0 bridgehead atoms. The molecule has 6 heteroatoms. The Morgan fingerprint density at radius 3 is 2.67 bits per heavy atom. The molecule has 0 atom stereocenters. The number of nitrogens with one attached hydrogen (secondary N) is 2. The van der Waals surface area contributed by atoms with Gasteiger partial charge in [0, 0.05) is 11.3 Å². The van der Waals surface area contributed by atoms with Crippen LogP contribution in [0, 0.1) is 6.92 Å². The van der Waals surface area contributed by atoms with Crippen molar-refractivity contribution in [1.29, 1.82) is 0 Å². The van der Waals surface area contributed by atoms with Gasteiger partial charge >= 0.3 is 5.69 Å². The summed E-state index contributed by atoms with van der Waals surface area (Å²) in [5, 5.41) is 0. The van der Waals surface area contributed by atoms with E-state index in [2.05, 4.69) is 19.9 Å². The molecule has 4 N–H and O–H groups in total. The number of nitrogens with two attached hydrogens (primary N) is 1. The number of rotatable bonds is 1. The second-order valence-electron chi connectivity index (χ2n) is 4.09. The van der Waals surface area contributed by atoms with Crippen LogP contribution in [0.15, 0.2) is 29.1 Å². The van der Waals surface area contributed by atoms with Gasteiger partial charge in [0.1, 0.15) is 0 Å². The normalized spacial score (nSPS) is 10.9. The van der Waals surface area contributed by atoms with Crippen LogP contribution in [0.25, 0.3) is 22.3 Å². The Morgan fingerprint density at radius 2 is 1.89 bits per heavy atom. The average Bonchev–Trinajstić information content (AvgIpc) is 2.66. The van der Waals surface area contributed by atoms with E-state index in [-0.39, 0.29) is 11.6 Å². The minimum Gasteiger partial charge on any atom is -0.368 e. The van der Waals surface area contributed by atoms with Crippen molar-refractivity contribution in [3.05, 3.63) is 40.4 Å². The van der Waals surface area contributed by atoms with Crippen LogP contribution >= 0.6 is 0 Å². The predicted molar refractivity (Wildman–Crippen MR) is 69.1 cm³/mol. The van der Waals surface area contributed by atoms with Crippen molar-refractivity contribution in [2.24, 2.45) is 0 Å². The molecule has 3 rings (SSSR count). The first-order valence-corrected chi connectivity index (χ1v) is 5.45. The topological polar surface area (TPSA) is 100 Å². The van der Waals surface area contributed by atoms with Gasteiger partial charge in [0.15, 0.2) is 0 Å². The van der Waals surface area contributed by atoms with Crippen LogP contribution in [0.5, 0.6) is 0 Å². The van der Waals surface area contributed by atoms with Crippen molar-refractivity contribution in [3.8, 4) is 11.3 Å². The molecular weight excluding hydrogens is 230 g/mol. The van der Waals surface area contributed by atoms with Gasteiger partial charge in [0.25, 0.3) is 0 Å². The van der Waals surface area contributed by atoms with Crippen LogP contribution in [0.2, 0.25) is 0 Å². The monoisotopic (exact) mass is 241 g/mol. The number of H-pyrrole nitrogens is 2. The summed E-state index contributed by atoms with van der Waals surface area (Å²) < 4.78 is 0. The molecule has 6 nitrogen and oxygen atoms in total. The summed E-state index contributed by atoms with van der Waals surface area (Å²) in [6, 6.07) is 7.42. The molecule has 2 aromatic heterocycles. The minimum atomic E-state index is -0.222. The van der Waals surface area contributed by atoms with Gasteiger partial charge in [-0.05, 0) is 25.1 Å².